The summed E-state index contributed by atoms with van der Waals surface area (Å²) in [4.78, 5) is 4.51. The van der Waals surface area contributed by atoms with Crippen molar-refractivity contribution >= 4 is 5.82 Å². The molecule has 2 aromatic rings. The van der Waals surface area contributed by atoms with Crippen LogP contribution in [-0.4, -0.2) is 17.6 Å². The van der Waals surface area contributed by atoms with Crippen LogP contribution in [0, 0.1) is 0 Å². The number of allylic oxidation sites excluding steroid dienone is 2. The third-order valence-electron chi connectivity index (χ3n) is 3.44. The van der Waals surface area contributed by atoms with Crippen molar-refractivity contribution in [2.45, 2.75) is 26.5 Å². The number of aromatic nitrogens is 1. The molecule has 0 unspecified atom stereocenters. The summed E-state index contributed by atoms with van der Waals surface area (Å²) in [7, 11) is 0. The van der Waals surface area contributed by atoms with Crippen LogP contribution in [0.5, 0.6) is 11.6 Å². The number of ether oxygens (including phenoxy) is 2. The summed E-state index contributed by atoms with van der Waals surface area (Å²) in [5, 5.41) is 3.29. The lowest BCUT2D eigenvalue weighted by molar-refractivity contribution is 0.289. The van der Waals surface area contributed by atoms with Crippen LogP contribution in [0.2, 0.25) is 0 Å². The van der Waals surface area contributed by atoms with Crippen LogP contribution in [-0.2, 0) is 6.61 Å². The van der Waals surface area contributed by atoms with Crippen molar-refractivity contribution < 1.29 is 9.47 Å². The van der Waals surface area contributed by atoms with Crippen LogP contribution < -0.4 is 14.8 Å². The molecule has 0 fully saturated rings. The molecule has 1 N–H and O–H groups in total. The minimum Gasteiger partial charge on any atom is -0.489 e. The predicted octanol–water partition coefficient (Wildman–Crippen LogP) is 5.16. The van der Waals surface area contributed by atoms with Crippen LogP contribution in [0.1, 0.15) is 19.4 Å². The van der Waals surface area contributed by atoms with Gasteiger partial charge in [0.15, 0.2) is 0 Å². The average Bonchev–Trinajstić information content (AvgIpc) is 2.63. The molecule has 0 saturated heterocycles. The SMILES string of the molecule is C=C/C=C(\C=C)COc1cc(NC(C)C)nc(OCc2ccccc2)c1. The van der Waals surface area contributed by atoms with Crippen LogP contribution in [0.4, 0.5) is 5.82 Å². The number of rotatable bonds is 10. The Bertz CT molecular complexity index is 752. The van der Waals surface area contributed by atoms with Crippen LogP contribution in [0.3, 0.4) is 0 Å². The van der Waals surface area contributed by atoms with Gasteiger partial charge in [0.05, 0.1) is 0 Å². The Kier molecular flexibility index (Phi) is 7.49. The van der Waals surface area contributed by atoms with Gasteiger partial charge in [0.1, 0.15) is 24.8 Å². The third-order valence-corrected chi connectivity index (χ3v) is 3.44. The normalized spacial score (nSPS) is 11.1. The largest absolute Gasteiger partial charge is 0.489 e. The highest BCUT2D eigenvalue weighted by Crippen LogP contribution is 2.24. The van der Waals surface area contributed by atoms with Crippen molar-refractivity contribution in [3.63, 3.8) is 0 Å². The van der Waals surface area contributed by atoms with Crippen molar-refractivity contribution in [3.8, 4) is 11.6 Å². The monoisotopic (exact) mass is 350 g/mol. The Morgan fingerprint density at radius 1 is 1.15 bits per heavy atom. The molecule has 26 heavy (non-hydrogen) atoms. The van der Waals surface area contributed by atoms with Gasteiger partial charge in [-0.05, 0) is 25.0 Å². The van der Waals surface area contributed by atoms with Gasteiger partial charge in [-0.1, -0.05) is 61.7 Å². The first-order valence-electron chi connectivity index (χ1n) is 8.63. The van der Waals surface area contributed by atoms with Crippen molar-refractivity contribution in [2.75, 3.05) is 11.9 Å². The Labute approximate surface area is 155 Å². The third kappa shape index (κ3) is 6.48. The summed E-state index contributed by atoms with van der Waals surface area (Å²) >= 11 is 0. The quantitative estimate of drug-likeness (QED) is 0.601. The standard InChI is InChI=1S/C22H26N2O2/c1-5-10-18(6-2)15-25-20-13-21(23-17(3)4)24-22(14-20)26-16-19-11-8-7-9-12-19/h5-14,17H,1-2,15-16H2,3-4H3,(H,23,24)/b18-10+. The van der Waals surface area contributed by atoms with E-state index < -0.39 is 0 Å². The Morgan fingerprint density at radius 2 is 1.92 bits per heavy atom. The molecule has 0 spiro atoms. The highest BCUT2D eigenvalue weighted by atomic mass is 16.5. The van der Waals surface area contributed by atoms with Gasteiger partial charge < -0.3 is 14.8 Å². The van der Waals surface area contributed by atoms with E-state index in [1.165, 1.54) is 0 Å². The molecule has 0 bridgehead atoms. The lowest BCUT2D eigenvalue weighted by Gasteiger charge is -2.14. The summed E-state index contributed by atoms with van der Waals surface area (Å²) in [6, 6.07) is 13.9. The summed E-state index contributed by atoms with van der Waals surface area (Å²) < 4.78 is 11.7. The fourth-order valence-corrected chi connectivity index (χ4v) is 2.23. The van der Waals surface area contributed by atoms with Gasteiger partial charge in [0.2, 0.25) is 5.88 Å². The molecule has 0 radical (unpaired) electrons. The number of anilines is 1. The molecule has 0 amide bonds. The van der Waals surface area contributed by atoms with Crippen molar-refractivity contribution in [1.29, 1.82) is 0 Å². The molecule has 4 nitrogen and oxygen atoms in total. The van der Waals surface area contributed by atoms with E-state index in [4.69, 9.17) is 9.47 Å². The Morgan fingerprint density at radius 3 is 2.58 bits per heavy atom. The van der Waals surface area contributed by atoms with Crippen molar-refractivity contribution in [2.24, 2.45) is 0 Å². The number of hydrogen-bond acceptors (Lipinski definition) is 4. The zero-order valence-corrected chi connectivity index (χ0v) is 15.4. The molecule has 0 aliphatic carbocycles. The van der Waals surface area contributed by atoms with Crippen molar-refractivity contribution in [1.82, 2.24) is 4.98 Å². The number of benzene rings is 1. The Hall–Kier alpha value is -3.01. The molecule has 2 rings (SSSR count). The molecule has 0 aliphatic heterocycles. The molecule has 1 aromatic carbocycles. The van der Waals surface area contributed by atoms with Crippen LogP contribution in [0.25, 0.3) is 0 Å². The maximum Gasteiger partial charge on any atom is 0.219 e. The topological polar surface area (TPSA) is 43.4 Å². The summed E-state index contributed by atoms with van der Waals surface area (Å²) in [5.41, 5.74) is 2.03. The zero-order chi connectivity index (χ0) is 18.8. The minimum absolute atomic E-state index is 0.254. The number of nitrogens with one attached hydrogen (secondary N) is 1. The smallest absolute Gasteiger partial charge is 0.219 e. The van der Waals surface area contributed by atoms with E-state index in [9.17, 15) is 0 Å². The molecule has 0 atom stereocenters. The summed E-state index contributed by atoms with van der Waals surface area (Å²) in [6.07, 6.45) is 5.34. The van der Waals surface area contributed by atoms with Gasteiger partial charge in [-0.25, -0.2) is 0 Å². The van der Waals surface area contributed by atoms with Gasteiger partial charge in [0.25, 0.3) is 0 Å². The second kappa shape index (κ2) is 10.1. The van der Waals surface area contributed by atoms with Gasteiger partial charge in [0, 0.05) is 18.2 Å². The van der Waals surface area contributed by atoms with Crippen molar-refractivity contribution in [3.05, 3.63) is 85.0 Å². The van der Waals surface area contributed by atoms with Crippen LogP contribution >= 0.6 is 0 Å². The van der Waals surface area contributed by atoms with Gasteiger partial charge in [-0.15, -0.1) is 0 Å². The van der Waals surface area contributed by atoms with Gasteiger partial charge in [-0.2, -0.15) is 4.98 Å². The maximum absolute atomic E-state index is 5.88. The maximum atomic E-state index is 5.88. The van der Waals surface area contributed by atoms with E-state index in [2.05, 4.69) is 37.3 Å². The number of pyridine rings is 1. The summed E-state index contributed by atoms with van der Waals surface area (Å²) in [6.45, 7) is 12.5. The first-order valence-corrected chi connectivity index (χ1v) is 8.63. The van der Waals surface area contributed by atoms with E-state index in [-0.39, 0.29) is 6.04 Å². The van der Waals surface area contributed by atoms with E-state index in [0.29, 0.717) is 30.7 Å². The second-order valence-corrected chi connectivity index (χ2v) is 6.07. The first kappa shape index (κ1) is 19.3. The highest BCUT2D eigenvalue weighted by Gasteiger charge is 2.07. The van der Waals surface area contributed by atoms with Gasteiger partial charge in [-0.3, -0.25) is 0 Å². The molecular weight excluding hydrogens is 324 g/mol. The molecule has 136 valence electrons. The first-order chi connectivity index (χ1) is 12.6. The van der Waals surface area contributed by atoms with Crippen LogP contribution in [0.15, 0.2) is 79.4 Å². The fraction of sp³-hybridized carbons (Fsp3) is 0.227. The highest BCUT2D eigenvalue weighted by molar-refractivity contribution is 5.45. The molecule has 0 aliphatic rings. The molecule has 4 heteroatoms. The predicted molar refractivity (Wildman–Crippen MR) is 108 cm³/mol. The zero-order valence-electron chi connectivity index (χ0n) is 15.4. The van der Waals surface area contributed by atoms with E-state index >= 15 is 0 Å². The minimum atomic E-state index is 0.254. The van der Waals surface area contributed by atoms with Gasteiger partial charge >= 0.3 is 0 Å². The van der Waals surface area contributed by atoms with E-state index in [0.717, 1.165) is 11.1 Å². The number of nitrogens with zero attached hydrogens (tertiary/aromatic N) is 1. The fourth-order valence-electron chi connectivity index (χ4n) is 2.23. The lowest BCUT2D eigenvalue weighted by atomic mass is 10.2. The molecule has 1 heterocycles. The average molecular weight is 350 g/mol. The lowest BCUT2D eigenvalue weighted by Crippen LogP contribution is -2.12. The molecule has 0 saturated carbocycles. The molecular formula is C22H26N2O2. The second-order valence-electron chi connectivity index (χ2n) is 6.07. The molecule has 1 aromatic heterocycles. The Balaban J connectivity index is 2.14. The van der Waals surface area contributed by atoms with E-state index in [1.54, 1.807) is 18.2 Å². The van der Waals surface area contributed by atoms with E-state index in [1.807, 2.05) is 42.5 Å². The number of hydrogen-bond donors (Lipinski definition) is 1. The summed E-state index contributed by atoms with van der Waals surface area (Å²) in [5.74, 6) is 1.92.